The quantitative estimate of drug-likeness (QED) is 0.390. The Morgan fingerprint density at radius 1 is 0.933 bits per heavy atom. The van der Waals surface area contributed by atoms with E-state index >= 15 is 0 Å². The lowest BCUT2D eigenvalue weighted by atomic mass is 10.1. The smallest absolute Gasteiger partial charge is 0.257 e. The van der Waals surface area contributed by atoms with Gasteiger partial charge in [0.05, 0.1) is 10.2 Å². The summed E-state index contributed by atoms with van der Waals surface area (Å²) >= 11 is 6.99. The maximum absolute atomic E-state index is 12.5. The fourth-order valence-electron chi connectivity index (χ4n) is 3.25. The van der Waals surface area contributed by atoms with Crippen molar-refractivity contribution in [2.75, 3.05) is 5.32 Å². The average Bonchev–Trinajstić information content (AvgIpc) is 3.11. The Morgan fingerprint density at radius 3 is 2.37 bits per heavy atom. The summed E-state index contributed by atoms with van der Waals surface area (Å²) in [7, 11) is 0. The van der Waals surface area contributed by atoms with E-state index in [0.29, 0.717) is 5.56 Å². The lowest BCUT2D eigenvalue weighted by Gasteiger charge is -2.11. The number of thiazole rings is 1. The molecule has 0 aliphatic rings. The Hall–Kier alpha value is -3.09. The predicted octanol–water partition coefficient (Wildman–Crippen LogP) is 6.02. The van der Waals surface area contributed by atoms with Gasteiger partial charge in [0.1, 0.15) is 5.01 Å². The van der Waals surface area contributed by atoms with E-state index in [9.17, 15) is 4.79 Å². The Kier molecular flexibility index (Phi) is 5.61. The molecule has 4 aromatic rings. The van der Waals surface area contributed by atoms with E-state index in [1.165, 1.54) is 10.3 Å². The van der Waals surface area contributed by atoms with E-state index in [4.69, 9.17) is 17.2 Å². The number of rotatable bonds is 3. The number of hydrogen-bond donors (Lipinski definition) is 2. The second kappa shape index (κ2) is 8.34. The summed E-state index contributed by atoms with van der Waals surface area (Å²) in [4.78, 5) is 17.2. The number of aryl methyl sites for hydroxylation is 3. The van der Waals surface area contributed by atoms with Crippen LogP contribution in [0.5, 0.6) is 0 Å². The number of thiocarbonyl (C=S) groups is 1. The molecule has 0 atom stereocenters. The van der Waals surface area contributed by atoms with Gasteiger partial charge < -0.3 is 5.32 Å². The van der Waals surface area contributed by atoms with Crippen LogP contribution in [0.15, 0.2) is 60.7 Å². The number of fused-ring (bicyclic) bond motifs is 1. The number of benzene rings is 3. The summed E-state index contributed by atoms with van der Waals surface area (Å²) in [5.41, 5.74) is 6.75. The van der Waals surface area contributed by atoms with Gasteiger partial charge in [-0.3, -0.25) is 10.1 Å². The van der Waals surface area contributed by atoms with Crippen molar-refractivity contribution in [3.8, 4) is 10.6 Å². The van der Waals surface area contributed by atoms with E-state index < -0.39 is 0 Å². The van der Waals surface area contributed by atoms with Crippen LogP contribution >= 0.6 is 23.6 Å². The molecule has 0 aliphatic carbocycles. The molecule has 2 N–H and O–H groups in total. The molecule has 0 bridgehead atoms. The van der Waals surface area contributed by atoms with Crippen LogP contribution in [0.2, 0.25) is 0 Å². The number of nitrogens with one attached hydrogen (secondary N) is 2. The van der Waals surface area contributed by atoms with Gasteiger partial charge in [0.2, 0.25) is 0 Å². The minimum atomic E-state index is -0.216. The second-order valence-electron chi connectivity index (χ2n) is 7.29. The number of aromatic nitrogens is 1. The van der Waals surface area contributed by atoms with Crippen LogP contribution < -0.4 is 10.6 Å². The summed E-state index contributed by atoms with van der Waals surface area (Å²) in [6.45, 7) is 6.00. The largest absolute Gasteiger partial charge is 0.332 e. The van der Waals surface area contributed by atoms with Gasteiger partial charge in [-0.2, -0.15) is 0 Å². The maximum atomic E-state index is 12.5. The SMILES string of the molecule is Cc1ccc(C(=O)NC(=S)Nc2ccc(-c3nc4ccc(C)cc4s3)cc2)c(C)c1. The van der Waals surface area contributed by atoms with E-state index in [-0.39, 0.29) is 11.0 Å². The lowest BCUT2D eigenvalue weighted by Crippen LogP contribution is -2.34. The molecule has 0 spiro atoms. The van der Waals surface area contributed by atoms with Gasteiger partial charge in [-0.1, -0.05) is 23.8 Å². The topological polar surface area (TPSA) is 54.0 Å². The molecule has 30 heavy (non-hydrogen) atoms. The van der Waals surface area contributed by atoms with Crippen molar-refractivity contribution in [1.29, 1.82) is 0 Å². The van der Waals surface area contributed by atoms with Crippen molar-refractivity contribution in [1.82, 2.24) is 10.3 Å². The fourth-order valence-corrected chi connectivity index (χ4v) is 4.53. The summed E-state index contributed by atoms with van der Waals surface area (Å²) in [6.07, 6.45) is 0. The first-order valence-corrected chi connectivity index (χ1v) is 10.8. The van der Waals surface area contributed by atoms with Crippen LogP contribution in [-0.4, -0.2) is 16.0 Å². The van der Waals surface area contributed by atoms with Gasteiger partial charge in [0.15, 0.2) is 5.11 Å². The van der Waals surface area contributed by atoms with E-state index in [2.05, 4.69) is 35.8 Å². The number of carbonyl (C=O) groups is 1. The number of amides is 1. The highest BCUT2D eigenvalue weighted by Crippen LogP contribution is 2.31. The minimum absolute atomic E-state index is 0.216. The van der Waals surface area contributed by atoms with Crippen LogP contribution in [0.4, 0.5) is 5.69 Å². The highest BCUT2D eigenvalue weighted by molar-refractivity contribution is 7.80. The van der Waals surface area contributed by atoms with Crippen LogP contribution in [0.25, 0.3) is 20.8 Å². The van der Waals surface area contributed by atoms with Crippen LogP contribution in [0, 0.1) is 20.8 Å². The highest BCUT2D eigenvalue weighted by Gasteiger charge is 2.11. The zero-order valence-electron chi connectivity index (χ0n) is 16.9. The maximum Gasteiger partial charge on any atom is 0.257 e. The monoisotopic (exact) mass is 431 g/mol. The molecule has 0 saturated heterocycles. The molecule has 1 amide bonds. The molecule has 0 aliphatic heterocycles. The van der Waals surface area contributed by atoms with Gasteiger partial charge >= 0.3 is 0 Å². The van der Waals surface area contributed by atoms with Gasteiger partial charge in [0.25, 0.3) is 5.91 Å². The van der Waals surface area contributed by atoms with E-state index in [1.54, 1.807) is 11.3 Å². The molecular formula is C24H21N3OS2. The Bertz CT molecular complexity index is 1260. The van der Waals surface area contributed by atoms with Gasteiger partial charge in [-0.05, 0) is 86.6 Å². The molecule has 150 valence electrons. The fraction of sp³-hybridized carbons (Fsp3) is 0.125. The lowest BCUT2D eigenvalue weighted by molar-refractivity contribution is 0.0977. The van der Waals surface area contributed by atoms with Crippen LogP contribution in [-0.2, 0) is 0 Å². The van der Waals surface area contributed by atoms with Crippen molar-refractivity contribution in [3.05, 3.63) is 82.9 Å². The highest BCUT2D eigenvalue weighted by atomic mass is 32.1. The molecule has 1 heterocycles. The molecule has 3 aromatic carbocycles. The van der Waals surface area contributed by atoms with Gasteiger partial charge in [-0.15, -0.1) is 11.3 Å². The summed E-state index contributed by atoms with van der Waals surface area (Å²) < 4.78 is 1.18. The number of carbonyl (C=O) groups excluding carboxylic acids is 1. The van der Waals surface area contributed by atoms with E-state index in [1.807, 2.05) is 56.3 Å². The zero-order chi connectivity index (χ0) is 21.3. The van der Waals surface area contributed by atoms with Gasteiger partial charge in [0, 0.05) is 16.8 Å². The van der Waals surface area contributed by atoms with Crippen LogP contribution in [0.1, 0.15) is 27.0 Å². The summed E-state index contributed by atoms with van der Waals surface area (Å²) in [6, 6.07) is 19.9. The average molecular weight is 432 g/mol. The summed E-state index contributed by atoms with van der Waals surface area (Å²) in [5.74, 6) is -0.216. The third-order valence-corrected chi connectivity index (χ3v) is 6.06. The van der Waals surface area contributed by atoms with Crippen molar-refractivity contribution < 1.29 is 4.79 Å². The van der Waals surface area contributed by atoms with Crippen molar-refractivity contribution in [2.24, 2.45) is 0 Å². The minimum Gasteiger partial charge on any atom is -0.332 e. The van der Waals surface area contributed by atoms with Crippen molar-refractivity contribution in [2.45, 2.75) is 20.8 Å². The Labute approximate surface area is 185 Å². The number of hydrogen-bond acceptors (Lipinski definition) is 4. The van der Waals surface area contributed by atoms with Crippen molar-refractivity contribution in [3.63, 3.8) is 0 Å². The normalized spacial score (nSPS) is 10.8. The standard InChI is InChI=1S/C24H21N3OS2/c1-14-4-10-19(16(3)12-14)22(28)27-24(29)25-18-8-6-17(7-9-18)23-26-20-11-5-15(2)13-21(20)30-23/h4-13H,1-3H3,(H2,25,27,28,29). The Balaban J connectivity index is 1.43. The number of anilines is 1. The van der Waals surface area contributed by atoms with Crippen molar-refractivity contribution >= 4 is 50.5 Å². The molecule has 6 heteroatoms. The molecule has 4 rings (SSSR count). The molecule has 0 radical (unpaired) electrons. The molecular weight excluding hydrogens is 410 g/mol. The third kappa shape index (κ3) is 4.40. The molecule has 4 nitrogen and oxygen atoms in total. The molecule has 1 aromatic heterocycles. The Morgan fingerprint density at radius 2 is 1.63 bits per heavy atom. The molecule has 0 unspecified atom stereocenters. The first-order valence-electron chi connectivity index (χ1n) is 9.56. The first kappa shape index (κ1) is 20.2. The first-order chi connectivity index (χ1) is 14.4. The predicted molar refractivity (Wildman–Crippen MR) is 129 cm³/mol. The third-order valence-electron chi connectivity index (χ3n) is 4.79. The second-order valence-corrected chi connectivity index (χ2v) is 8.73. The van der Waals surface area contributed by atoms with E-state index in [0.717, 1.165) is 32.9 Å². The summed E-state index contributed by atoms with van der Waals surface area (Å²) in [5, 5.41) is 7.06. The number of nitrogens with zero attached hydrogens (tertiary/aromatic N) is 1. The zero-order valence-corrected chi connectivity index (χ0v) is 18.6. The molecule has 0 fully saturated rings. The van der Waals surface area contributed by atoms with Gasteiger partial charge in [-0.25, -0.2) is 4.98 Å². The molecule has 0 saturated carbocycles. The van der Waals surface area contributed by atoms with Crippen LogP contribution in [0.3, 0.4) is 0 Å².